The van der Waals surface area contributed by atoms with E-state index in [1.54, 1.807) is 6.20 Å². The zero-order valence-corrected chi connectivity index (χ0v) is 6.73. The molecule has 3 N–H and O–H groups in total. The molecule has 1 aliphatic rings. The number of fused-ring (bicyclic) bond motifs is 1. The molecule has 0 aromatic carbocycles. The van der Waals surface area contributed by atoms with Crippen molar-refractivity contribution in [1.29, 1.82) is 0 Å². The number of hydrogen-bond donors (Lipinski definition) is 2. The van der Waals surface area contributed by atoms with Gasteiger partial charge >= 0.3 is 0 Å². The summed E-state index contributed by atoms with van der Waals surface area (Å²) in [4.78, 5) is 26.1. The van der Waals surface area contributed by atoms with E-state index in [1.165, 1.54) is 10.9 Å². The van der Waals surface area contributed by atoms with Gasteiger partial charge in [0, 0.05) is 12.7 Å². The highest BCUT2D eigenvalue weighted by Crippen LogP contribution is 2.07. The fraction of sp³-hybridized carbons (Fsp3) is 0.286. The lowest BCUT2D eigenvalue weighted by atomic mass is 10.2. The molecule has 13 heavy (non-hydrogen) atoms. The Bertz CT molecular complexity index is 370. The number of primary amides is 1. The molecule has 1 amide bonds. The van der Waals surface area contributed by atoms with E-state index in [1.807, 2.05) is 0 Å². The van der Waals surface area contributed by atoms with E-state index in [0.29, 0.717) is 6.54 Å². The Morgan fingerprint density at radius 3 is 3.23 bits per heavy atom. The number of nitrogens with two attached hydrogens (primary N) is 1. The summed E-state index contributed by atoms with van der Waals surface area (Å²) in [6.45, 7) is 0.430. The second-order valence-electron chi connectivity index (χ2n) is 2.81. The van der Waals surface area contributed by atoms with Gasteiger partial charge in [-0.15, -0.1) is 0 Å². The Kier molecular flexibility index (Phi) is 1.63. The first-order valence-corrected chi connectivity index (χ1v) is 3.78. The molecule has 0 bridgehead atoms. The van der Waals surface area contributed by atoms with Crippen LogP contribution in [-0.2, 0) is 11.3 Å². The smallest absolute Gasteiger partial charge is 0.258 e. The standard InChI is InChI=1S/C7H8N4O2/c8-6(12)5-7(13)11-3-9-1-4(11)2-10-5/h1,3,5,10H,2H2,(H2,8,12). The zero-order valence-electron chi connectivity index (χ0n) is 6.73. The highest BCUT2D eigenvalue weighted by atomic mass is 16.2. The Hall–Kier alpha value is -1.69. The topological polar surface area (TPSA) is 90.0 Å². The van der Waals surface area contributed by atoms with Gasteiger partial charge in [0.05, 0.1) is 5.69 Å². The van der Waals surface area contributed by atoms with Gasteiger partial charge in [-0.25, -0.2) is 4.98 Å². The van der Waals surface area contributed by atoms with Gasteiger partial charge in [-0.1, -0.05) is 0 Å². The normalized spacial score (nSPS) is 21.2. The molecule has 0 fully saturated rings. The van der Waals surface area contributed by atoms with E-state index in [-0.39, 0.29) is 5.91 Å². The highest BCUT2D eigenvalue weighted by Gasteiger charge is 2.30. The van der Waals surface area contributed by atoms with Crippen molar-refractivity contribution in [1.82, 2.24) is 14.9 Å². The summed E-state index contributed by atoms with van der Waals surface area (Å²) >= 11 is 0. The first kappa shape index (κ1) is 7.93. The number of rotatable bonds is 1. The van der Waals surface area contributed by atoms with Crippen molar-refractivity contribution in [2.75, 3.05) is 0 Å². The van der Waals surface area contributed by atoms with Crippen LogP contribution in [0.25, 0.3) is 0 Å². The van der Waals surface area contributed by atoms with Crippen LogP contribution < -0.4 is 11.1 Å². The number of hydrogen-bond acceptors (Lipinski definition) is 4. The summed E-state index contributed by atoms with van der Waals surface area (Å²) < 4.78 is 1.34. The van der Waals surface area contributed by atoms with Crippen molar-refractivity contribution in [3.8, 4) is 0 Å². The molecule has 0 radical (unpaired) electrons. The lowest BCUT2D eigenvalue weighted by molar-refractivity contribution is -0.119. The molecule has 1 aliphatic heterocycles. The van der Waals surface area contributed by atoms with E-state index < -0.39 is 11.9 Å². The van der Waals surface area contributed by atoms with Crippen molar-refractivity contribution in [3.63, 3.8) is 0 Å². The average Bonchev–Trinajstić information content (AvgIpc) is 2.52. The van der Waals surface area contributed by atoms with Crippen LogP contribution >= 0.6 is 0 Å². The van der Waals surface area contributed by atoms with Crippen LogP contribution in [0.2, 0.25) is 0 Å². The van der Waals surface area contributed by atoms with E-state index in [9.17, 15) is 9.59 Å². The van der Waals surface area contributed by atoms with Crippen LogP contribution in [0.5, 0.6) is 0 Å². The number of imidazole rings is 1. The van der Waals surface area contributed by atoms with Crippen LogP contribution in [0.3, 0.4) is 0 Å². The molecule has 2 heterocycles. The Balaban J connectivity index is 2.38. The number of aromatic nitrogens is 2. The lowest BCUT2D eigenvalue weighted by Crippen LogP contribution is -2.52. The fourth-order valence-electron chi connectivity index (χ4n) is 1.31. The van der Waals surface area contributed by atoms with E-state index in [4.69, 9.17) is 5.73 Å². The molecule has 0 saturated heterocycles. The third-order valence-electron chi connectivity index (χ3n) is 1.97. The van der Waals surface area contributed by atoms with Crippen LogP contribution in [0.15, 0.2) is 12.5 Å². The molecule has 68 valence electrons. The summed E-state index contributed by atoms with van der Waals surface area (Å²) in [5, 5.41) is 2.73. The van der Waals surface area contributed by atoms with Gasteiger partial charge < -0.3 is 5.73 Å². The van der Waals surface area contributed by atoms with E-state index in [0.717, 1.165) is 5.69 Å². The fourth-order valence-corrected chi connectivity index (χ4v) is 1.31. The number of nitrogens with zero attached hydrogens (tertiary/aromatic N) is 2. The molecule has 0 saturated carbocycles. The SMILES string of the molecule is NC(=O)C1NCc2cncn2C1=O. The molecule has 0 aliphatic carbocycles. The van der Waals surface area contributed by atoms with Gasteiger partial charge in [-0.05, 0) is 0 Å². The highest BCUT2D eigenvalue weighted by molar-refractivity contribution is 6.05. The average molecular weight is 180 g/mol. The molecule has 1 atom stereocenters. The van der Waals surface area contributed by atoms with Gasteiger partial charge in [0.25, 0.3) is 5.91 Å². The van der Waals surface area contributed by atoms with Crippen molar-refractivity contribution >= 4 is 11.8 Å². The molecule has 1 aromatic rings. The summed E-state index contributed by atoms with van der Waals surface area (Å²) in [6.07, 6.45) is 2.95. The molecule has 6 heteroatoms. The Morgan fingerprint density at radius 1 is 1.77 bits per heavy atom. The Morgan fingerprint density at radius 2 is 2.54 bits per heavy atom. The molecule has 1 unspecified atom stereocenters. The molecular formula is C7H8N4O2. The largest absolute Gasteiger partial charge is 0.368 e. The Labute approximate surface area is 73.7 Å². The number of carbonyl (C=O) groups excluding carboxylic acids is 2. The maximum Gasteiger partial charge on any atom is 0.258 e. The van der Waals surface area contributed by atoms with Gasteiger partial charge in [-0.2, -0.15) is 0 Å². The van der Waals surface area contributed by atoms with Crippen molar-refractivity contribution in [3.05, 3.63) is 18.2 Å². The summed E-state index contributed by atoms with van der Waals surface area (Å²) in [6, 6.07) is -0.929. The molecule has 0 spiro atoms. The van der Waals surface area contributed by atoms with Crippen LogP contribution in [0.1, 0.15) is 10.5 Å². The van der Waals surface area contributed by atoms with E-state index in [2.05, 4.69) is 10.3 Å². The number of carbonyl (C=O) groups is 2. The van der Waals surface area contributed by atoms with Crippen LogP contribution in [0, 0.1) is 0 Å². The van der Waals surface area contributed by atoms with Crippen LogP contribution in [0.4, 0.5) is 0 Å². The minimum Gasteiger partial charge on any atom is -0.368 e. The second-order valence-corrected chi connectivity index (χ2v) is 2.81. The van der Waals surface area contributed by atoms with Gasteiger partial charge in [0.2, 0.25) is 5.91 Å². The summed E-state index contributed by atoms with van der Waals surface area (Å²) in [7, 11) is 0. The maximum atomic E-state index is 11.5. The van der Waals surface area contributed by atoms with E-state index >= 15 is 0 Å². The second kappa shape index (κ2) is 2.67. The van der Waals surface area contributed by atoms with Crippen molar-refractivity contribution < 1.29 is 9.59 Å². The molecular weight excluding hydrogens is 172 g/mol. The van der Waals surface area contributed by atoms with Gasteiger partial charge in [0.1, 0.15) is 6.33 Å². The first-order chi connectivity index (χ1) is 6.20. The maximum absolute atomic E-state index is 11.5. The third-order valence-corrected chi connectivity index (χ3v) is 1.97. The minimum atomic E-state index is -0.929. The summed E-state index contributed by atoms with van der Waals surface area (Å²) in [5.74, 6) is -1.03. The third kappa shape index (κ3) is 1.11. The van der Waals surface area contributed by atoms with Crippen molar-refractivity contribution in [2.24, 2.45) is 5.73 Å². The predicted molar refractivity (Wildman–Crippen MR) is 42.7 cm³/mol. The van der Waals surface area contributed by atoms with Crippen molar-refractivity contribution in [2.45, 2.75) is 12.6 Å². The lowest BCUT2D eigenvalue weighted by Gasteiger charge is -2.20. The number of amides is 1. The molecule has 2 rings (SSSR count). The van der Waals surface area contributed by atoms with Gasteiger partial charge in [-0.3, -0.25) is 19.5 Å². The first-order valence-electron chi connectivity index (χ1n) is 3.78. The van der Waals surface area contributed by atoms with Crippen LogP contribution in [-0.4, -0.2) is 27.4 Å². The molecule has 6 nitrogen and oxygen atoms in total. The summed E-state index contributed by atoms with van der Waals surface area (Å²) in [5.41, 5.74) is 5.77. The molecule has 1 aromatic heterocycles. The minimum absolute atomic E-state index is 0.369. The van der Waals surface area contributed by atoms with Gasteiger partial charge in [0.15, 0.2) is 6.04 Å². The zero-order chi connectivity index (χ0) is 9.42. The monoisotopic (exact) mass is 180 g/mol. The number of nitrogens with one attached hydrogen (secondary N) is 1. The predicted octanol–water partition coefficient (Wildman–Crippen LogP) is -1.52. The quantitative estimate of drug-likeness (QED) is 0.513.